The number of hydrogen-bond acceptors (Lipinski definition) is 2. The van der Waals surface area contributed by atoms with E-state index in [9.17, 15) is 9.18 Å². The van der Waals surface area contributed by atoms with Gasteiger partial charge >= 0.3 is 0 Å². The number of halogens is 2. The van der Waals surface area contributed by atoms with Crippen molar-refractivity contribution in [1.82, 2.24) is 0 Å². The minimum absolute atomic E-state index is 0.0238. The molecule has 92 valence electrons. The maximum absolute atomic E-state index is 13.6. The number of rotatable bonds is 2. The van der Waals surface area contributed by atoms with Crippen LogP contribution in [0.15, 0.2) is 42.5 Å². The Labute approximate surface area is 108 Å². The van der Waals surface area contributed by atoms with E-state index in [1.54, 1.807) is 30.3 Å². The molecule has 0 aliphatic carbocycles. The first-order valence-corrected chi connectivity index (χ1v) is 5.57. The van der Waals surface area contributed by atoms with E-state index in [2.05, 4.69) is 5.32 Å². The minimum Gasteiger partial charge on any atom is -0.398 e. The first-order chi connectivity index (χ1) is 8.59. The van der Waals surface area contributed by atoms with E-state index in [1.165, 1.54) is 12.1 Å². The Balaban J connectivity index is 2.27. The predicted molar refractivity (Wildman–Crippen MR) is 70.2 cm³/mol. The number of anilines is 2. The molecule has 3 nitrogen and oxygen atoms in total. The molecule has 18 heavy (non-hydrogen) atoms. The molecular weight excluding hydrogens is 255 g/mol. The normalized spacial score (nSPS) is 10.1. The van der Waals surface area contributed by atoms with Gasteiger partial charge in [-0.05, 0) is 24.3 Å². The summed E-state index contributed by atoms with van der Waals surface area (Å²) in [6.45, 7) is 0. The molecule has 0 spiro atoms. The van der Waals surface area contributed by atoms with Gasteiger partial charge in [-0.2, -0.15) is 0 Å². The summed E-state index contributed by atoms with van der Waals surface area (Å²) in [5.41, 5.74) is 6.31. The van der Waals surface area contributed by atoms with Crippen molar-refractivity contribution in [2.24, 2.45) is 0 Å². The molecule has 0 aliphatic rings. The van der Waals surface area contributed by atoms with Crippen LogP contribution in [-0.2, 0) is 0 Å². The highest BCUT2D eigenvalue weighted by atomic mass is 35.5. The Bertz CT molecular complexity index is 601. The molecule has 3 N–H and O–H groups in total. The molecule has 2 aromatic carbocycles. The molecular formula is C13H10ClFN2O. The Morgan fingerprint density at radius 2 is 1.89 bits per heavy atom. The van der Waals surface area contributed by atoms with Gasteiger partial charge in [0.25, 0.3) is 5.91 Å². The van der Waals surface area contributed by atoms with Gasteiger partial charge in [-0.3, -0.25) is 4.79 Å². The number of carbonyl (C=O) groups is 1. The summed E-state index contributed by atoms with van der Waals surface area (Å²) in [6, 6.07) is 10.9. The van der Waals surface area contributed by atoms with Crippen LogP contribution < -0.4 is 11.1 Å². The third-order valence-corrected chi connectivity index (χ3v) is 2.70. The van der Waals surface area contributed by atoms with Gasteiger partial charge in [0.1, 0.15) is 0 Å². The van der Waals surface area contributed by atoms with Gasteiger partial charge in [0.05, 0.1) is 16.3 Å². The number of nitrogen functional groups attached to an aromatic ring is 1. The van der Waals surface area contributed by atoms with Crippen LogP contribution in [0.4, 0.5) is 15.8 Å². The van der Waals surface area contributed by atoms with E-state index in [4.69, 9.17) is 17.3 Å². The Morgan fingerprint density at radius 1 is 1.17 bits per heavy atom. The molecule has 2 aromatic rings. The van der Waals surface area contributed by atoms with E-state index in [0.29, 0.717) is 5.69 Å². The molecule has 5 heteroatoms. The van der Waals surface area contributed by atoms with Crippen molar-refractivity contribution in [2.75, 3.05) is 11.1 Å². The molecule has 0 aromatic heterocycles. The highest BCUT2D eigenvalue weighted by molar-refractivity contribution is 6.31. The summed E-state index contributed by atoms with van der Waals surface area (Å²) < 4.78 is 13.6. The Kier molecular flexibility index (Phi) is 3.48. The van der Waals surface area contributed by atoms with Crippen LogP contribution in [0.1, 0.15) is 10.4 Å². The molecule has 0 radical (unpaired) electrons. The van der Waals surface area contributed by atoms with Crippen molar-refractivity contribution in [3.8, 4) is 0 Å². The first-order valence-electron chi connectivity index (χ1n) is 5.19. The Morgan fingerprint density at radius 3 is 2.61 bits per heavy atom. The van der Waals surface area contributed by atoms with Crippen molar-refractivity contribution < 1.29 is 9.18 Å². The van der Waals surface area contributed by atoms with E-state index < -0.39 is 11.7 Å². The van der Waals surface area contributed by atoms with Gasteiger partial charge in [-0.25, -0.2) is 4.39 Å². The summed E-state index contributed by atoms with van der Waals surface area (Å²) in [7, 11) is 0. The number of para-hydroxylation sites is 1. The van der Waals surface area contributed by atoms with Crippen LogP contribution in [0.5, 0.6) is 0 Å². The quantitative estimate of drug-likeness (QED) is 0.818. The van der Waals surface area contributed by atoms with Crippen LogP contribution >= 0.6 is 11.6 Å². The number of amides is 1. The summed E-state index contributed by atoms with van der Waals surface area (Å²) in [5, 5.41) is 2.38. The molecule has 0 bridgehead atoms. The lowest BCUT2D eigenvalue weighted by Crippen LogP contribution is -2.14. The second kappa shape index (κ2) is 5.06. The van der Waals surface area contributed by atoms with E-state index in [1.807, 2.05) is 0 Å². The van der Waals surface area contributed by atoms with Gasteiger partial charge in [0, 0.05) is 5.69 Å². The highest BCUT2D eigenvalue weighted by Crippen LogP contribution is 2.23. The number of nitrogens with two attached hydrogens (primary N) is 1. The zero-order valence-electron chi connectivity index (χ0n) is 9.28. The van der Waals surface area contributed by atoms with Gasteiger partial charge < -0.3 is 11.1 Å². The van der Waals surface area contributed by atoms with Crippen LogP contribution in [0.25, 0.3) is 0 Å². The smallest absolute Gasteiger partial charge is 0.257 e. The van der Waals surface area contributed by atoms with Crippen molar-refractivity contribution in [1.29, 1.82) is 0 Å². The number of hydrogen-bond donors (Lipinski definition) is 2. The van der Waals surface area contributed by atoms with Gasteiger partial charge in [-0.1, -0.05) is 29.8 Å². The maximum atomic E-state index is 13.6. The van der Waals surface area contributed by atoms with Crippen molar-refractivity contribution in [2.45, 2.75) is 0 Å². The topological polar surface area (TPSA) is 55.1 Å². The van der Waals surface area contributed by atoms with Crippen molar-refractivity contribution in [3.05, 3.63) is 58.9 Å². The van der Waals surface area contributed by atoms with Crippen molar-refractivity contribution in [3.63, 3.8) is 0 Å². The Hall–Kier alpha value is -2.07. The van der Waals surface area contributed by atoms with E-state index >= 15 is 0 Å². The lowest BCUT2D eigenvalue weighted by Gasteiger charge is -2.08. The third kappa shape index (κ3) is 2.43. The number of nitrogens with one attached hydrogen (secondary N) is 1. The van der Waals surface area contributed by atoms with Crippen molar-refractivity contribution >= 4 is 28.9 Å². The highest BCUT2D eigenvalue weighted by Gasteiger charge is 2.12. The molecule has 2 rings (SSSR count). The van der Waals surface area contributed by atoms with Gasteiger partial charge in [0.2, 0.25) is 0 Å². The second-order valence-corrected chi connectivity index (χ2v) is 4.05. The molecule has 0 saturated heterocycles. The molecule has 1 amide bonds. The van der Waals surface area contributed by atoms with E-state index in [0.717, 1.165) is 0 Å². The minimum atomic E-state index is -0.665. The summed E-state index contributed by atoms with van der Waals surface area (Å²) in [5.74, 6) is -1.14. The fourth-order valence-corrected chi connectivity index (χ4v) is 1.67. The molecule has 0 aliphatic heterocycles. The van der Waals surface area contributed by atoms with Gasteiger partial charge in [-0.15, -0.1) is 0 Å². The lowest BCUT2D eigenvalue weighted by atomic mass is 10.1. The molecule has 0 atom stereocenters. The zero-order chi connectivity index (χ0) is 13.1. The summed E-state index contributed by atoms with van der Waals surface area (Å²) in [6.07, 6.45) is 0. The van der Waals surface area contributed by atoms with Crippen LogP contribution in [0.2, 0.25) is 5.02 Å². The second-order valence-electron chi connectivity index (χ2n) is 3.64. The standard InChI is InChI=1S/C13H10ClFN2O/c14-9-5-3-7-11(12(9)15)17-13(18)8-4-1-2-6-10(8)16/h1-7H,16H2,(H,17,18). The van der Waals surface area contributed by atoms with Crippen LogP contribution in [-0.4, -0.2) is 5.91 Å². The molecule has 0 saturated carbocycles. The maximum Gasteiger partial charge on any atom is 0.257 e. The lowest BCUT2D eigenvalue weighted by molar-refractivity contribution is 0.102. The van der Waals surface area contributed by atoms with Gasteiger partial charge in [0.15, 0.2) is 5.82 Å². The average Bonchev–Trinajstić information content (AvgIpc) is 2.35. The van der Waals surface area contributed by atoms with Crippen LogP contribution in [0, 0.1) is 5.82 Å². The summed E-state index contributed by atoms with van der Waals surface area (Å²) >= 11 is 5.62. The van der Waals surface area contributed by atoms with E-state index in [-0.39, 0.29) is 16.3 Å². The van der Waals surface area contributed by atoms with Crippen LogP contribution in [0.3, 0.4) is 0 Å². The summed E-state index contributed by atoms with van der Waals surface area (Å²) in [4.78, 5) is 11.9. The number of benzene rings is 2. The fourth-order valence-electron chi connectivity index (χ4n) is 1.49. The average molecular weight is 265 g/mol. The predicted octanol–water partition coefficient (Wildman–Crippen LogP) is 3.31. The fraction of sp³-hybridized carbons (Fsp3) is 0. The zero-order valence-corrected chi connectivity index (χ0v) is 10.0. The largest absolute Gasteiger partial charge is 0.398 e. The number of carbonyl (C=O) groups excluding carboxylic acids is 1. The molecule has 0 fully saturated rings. The SMILES string of the molecule is Nc1ccccc1C(=O)Nc1cccc(Cl)c1F. The monoisotopic (exact) mass is 264 g/mol. The molecule has 0 heterocycles. The third-order valence-electron chi connectivity index (χ3n) is 2.41. The first kappa shape index (κ1) is 12.4. The molecule has 0 unspecified atom stereocenters.